The minimum atomic E-state index is -0.825. The third-order valence-corrected chi connectivity index (χ3v) is 18.1. The number of ether oxygens (including phenoxy) is 1. The van der Waals surface area contributed by atoms with E-state index in [0.717, 1.165) is 69.9 Å². The van der Waals surface area contributed by atoms with Gasteiger partial charge in [0, 0.05) is 36.3 Å². The van der Waals surface area contributed by atoms with E-state index in [4.69, 9.17) is 4.74 Å². The molecule has 0 aromatic carbocycles. The second kappa shape index (κ2) is 13.2. The van der Waals surface area contributed by atoms with Crippen molar-refractivity contribution in [2.24, 2.45) is 68.0 Å². The van der Waals surface area contributed by atoms with Crippen LogP contribution in [0, 0.1) is 68.0 Å². The zero-order valence-corrected chi connectivity index (χ0v) is 34.4. The molecule has 0 aromatic heterocycles. The molecular formula is C45H70N2O6. The van der Waals surface area contributed by atoms with Gasteiger partial charge in [-0.15, -0.1) is 0 Å². The SMILES string of the molecule is CC(C)C1=C2[C@H]3CC[C@@H]4[C@@]5(C)CC[C@H](OC(=O)[C@H]6C[C@@H](C(=O)O)C6(C)C)C(C)(C)[C@@H]5CC[C@@]4(C)[C@]3(C)CC[C@@]2(CC(=O)NC[C@@H]2CCCCN2)CC1=O. The van der Waals surface area contributed by atoms with E-state index in [2.05, 4.69) is 59.1 Å². The summed E-state index contributed by atoms with van der Waals surface area (Å²) in [5.74, 6) is -0.151. The molecule has 8 heteroatoms. The van der Waals surface area contributed by atoms with Crippen molar-refractivity contribution in [1.82, 2.24) is 10.6 Å². The Morgan fingerprint density at radius 1 is 0.849 bits per heavy atom. The monoisotopic (exact) mass is 735 g/mol. The number of amides is 1. The van der Waals surface area contributed by atoms with Gasteiger partial charge >= 0.3 is 11.9 Å². The van der Waals surface area contributed by atoms with Crippen LogP contribution in [0.2, 0.25) is 0 Å². The van der Waals surface area contributed by atoms with Gasteiger partial charge in [0.05, 0.1) is 11.8 Å². The molecule has 11 atom stereocenters. The van der Waals surface area contributed by atoms with Gasteiger partial charge in [-0.05, 0) is 128 Å². The lowest BCUT2D eigenvalue weighted by Gasteiger charge is -2.72. The lowest BCUT2D eigenvalue weighted by Crippen LogP contribution is -2.66. The summed E-state index contributed by atoms with van der Waals surface area (Å²) in [5, 5.41) is 16.5. The summed E-state index contributed by atoms with van der Waals surface area (Å²) in [6, 6.07) is 0.339. The van der Waals surface area contributed by atoms with Crippen molar-refractivity contribution in [3.8, 4) is 0 Å². The van der Waals surface area contributed by atoms with Crippen molar-refractivity contribution in [1.29, 1.82) is 0 Å². The summed E-state index contributed by atoms with van der Waals surface area (Å²) in [5.41, 5.74) is 1.46. The highest BCUT2D eigenvalue weighted by atomic mass is 16.5. The maximum Gasteiger partial charge on any atom is 0.309 e. The number of carbonyl (C=O) groups excluding carboxylic acids is 3. The molecule has 0 aromatic rings. The molecule has 53 heavy (non-hydrogen) atoms. The van der Waals surface area contributed by atoms with Gasteiger partial charge in [0.2, 0.25) is 5.91 Å². The summed E-state index contributed by atoms with van der Waals surface area (Å²) < 4.78 is 6.42. The maximum absolute atomic E-state index is 14.0. The molecule has 0 unspecified atom stereocenters. The normalized spacial score (nSPS) is 44.2. The smallest absolute Gasteiger partial charge is 0.309 e. The highest BCUT2D eigenvalue weighted by Crippen LogP contribution is 2.77. The fourth-order valence-electron chi connectivity index (χ4n) is 14.8. The van der Waals surface area contributed by atoms with Crippen molar-refractivity contribution in [2.75, 3.05) is 13.1 Å². The lowest BCUT2D eigenvalue weighted by atomic mass is 9.33. The number of allylic oxidation sites excluding steroid dienone is 2. The van der Waals surface area contributed by atoms with E-state index < -0.39 is 17.3 Å². The topological polar surface area (TPSA) is 122 Å². The van der Waals surface area contributed by atoms with Gasteiger partial charge in [0.1, 0.15) is 6.10 Å². The fraction of sp³-hybridized carbons (Fsp3) is 0.867. The van der Waals surface area contributed by atoms with Crippen LogP contribution in [0.4, 0.5) is 0 Å². The molecular weight excluding hydrogens is 665 g/mol. The van der Waals surface area contributed by atoms with Crippen LogP contribution >= 0.6 is 0 Å². The van der Waals surface area contributed by atoms with Gasteiger partial charge in [-0.2, -0.15) is 0 Å². The number of carboxylic acid groups (broad SMARTS) is 1. The molecule has 6 fully saturated rings. The molecule has 7 aliphatic rings. The second-order valence-corrected chi connectivity index (χ2v) is 21.4. The molecule has 1 saturated heterocycles. The number of aliphatic carboxylic acids is 1. The molecule has 6 aliphatic carbocycles. The zero-order valence-electron chi connectivity index (χ0n) is 34.4. The van der Waals surface area contributed by atoms with E-state index in [1.807, 2.05) is 13.8 Å². The first-order valence-corrected chi connectivity index (χ1v) is 21.4. The van der Waals surface area contributed by atoms with Crippen LogP contribution < -0.4 is 10.6 Å². The van der Waals surface area contributed by atoms with Crippen LogP contribution in [0.3, 0.4) is 0 Å². The minimum Gasteiger partial charge on any atom is -0.481 e. The first kappa shape index (κ1) is 39.0. The number of ketones is 1. The van der Waals surface area contributed by atoms with Crippen molar-refractivity contribution in [3.05, 3.63) is 11.1 Å². The molecule has 3 N–H and O–H groups in total. The summed E-state index contributed by atoms with van der Waals surface area (Å²) in [6.07, 6.45) is 12.8. The largest absolute Gasteiger partial charge is 0.481 e. The minimum absolute atomic E-state index is 0.0277. The van der Waals surface area contributed by atoms with Crippen LogP contribution in [0.15, 0.2) is 11.1 Å². The van der Waals surface area contributed by atoms with Gasteiger partial charge in [0.15, 0.2) is 5.78 Å². The number of hydrogen-bond acceptors (Lipinski definition) is 6. The molecule has 0 bridgehead atoms. The van der Waals surface area contributed by atoms with Crippen LogP contribution in [-0.2, 0) is 23.9 Å². The second-order valence-electron chi connectivity index (χ2n) is 21.4. The maximum atomic E-state index is 14.0. The van der Waals surface area contributed by atoms with Crippen molar-refractivity contribution in [2.45, 2.75) is 164 Å². The van der Waals surface area contributed by atoms with Crippen molar-refractivity contribution in [3.63, 3.8) is 0 Å². The Kier molecular flexibility index (Phi) is 9.71. The Bertz CT molecular complexity index is 1560. The number of hydrogen-bond donors (Lipinski definition) is 3. The number of fused-ring (bicyclic) bond motifs is 7. The van der Waals surface area contributed by atoms with E-state index in [0.29, 0.717) is 49.6 Å². The summed E-state index contributed by atoms with van der Waals surface area (Å²) in [7, 11) is 0. The highest BCUT2D eigenvalue weighted by Gasteiger charge is 2.70. The third kappa shape index (κ3) is 5.82. The Morgan fingerprint density at radius 3 is 2.23 bits per heavy atom. The fourth-order valence-corrected chi connectivity index (χ4v) is 14.8. The van der Waals surface area contributed by atoms with Gasteiger partial charge in [-0.3, -0.25) is 19.2 Å². The Hall–Kier alpha value is -2.22. The molecule has 5 saturated carbocycles. The molecule has 296 valence electrons. The van der Waals surface area contributed by atoms with Gasteiger partial charge in [0.25, 0.3) is 0 Å². The average molecular weight is 735 g/mol. The van der Waals surface area contributed by atoms with Gasteiger partial charge in [-0.25, -0.2) is 0 Å². The average Bonchev–Trinajstić information content (AvgIpc) is 3.37. The molecule has 0 spiro atoms. The van der Waals surface area contributed by atoms with Crippen LogP contribution in [0.5, 0.6) is 0 Å². The molecule has 8 nitrogen and oxygen atoms in total. The standard InChI is InChI=1S/C45H70N2O6/c1-26(2)36-31(48)23-45(24-35(49)47-25-27-12-10-11-21-46-27)20-19-43(8)28(37(36)45)13-14-33-42(7)17-16-34(41(5,6)32(42)15-18-44(33,43)9)53-39(52)30-22-29(38(50)51)40(30,3)4/h26-30,32-34,46H,10-25H2,1-9H3,(H,47,49)(H,50,51)/t27-,28+,29-,30+,32-,33+,34-,42-,43+,44+,45-/m0/s1. The molecule has 1 heterocycles. The number of esters is 1. The van der Waals surface area contributed by atoms with Crippen molar-refractivity contribution < 1.29 is 29.0 Å². The number of Topliss-reactive ketones (excluding diaryl/α,β-unsaturated/α-hetero) is 1. The third-order valence-electron chi connectivity index (χ3n) is 18.1. The predicted molar refractivity (Wildman–Crippen MR) is 206 cm³/mol. The summed E-state index contributed by atoms with van der Waals surface area (Å²) in [6.45, 7) is 22.2. The van der Waals surface area contributed by atoms with E-state index in [1.54, 1.807) is 0 Å². The summed E-state index contributed by atoms with van der Waals surface area (Å²) in [4.78, 5) is 53.1. The number of piperidine rings is 1. The highest BCUT2D eigenvalue weighted by molar-refractivity contribution is 6.01. The quantitative estimate of drug-likeness (QED) is 0.215. The first-order chi connectivity index (χ1) is 24.7. The number of carbonyl (C=O) groups is 4. The van der Waals surface area contributed by atoms with E-state index in [9.17, 15) is 24.3 Å². The Balaban J connectivity index is 1.12. The van der Waals surface area contributed by atoms with Gasteiger partial charge in [-0.1, -0.05) is 74.3 Å². The molecule has 1 aliphatic heterocycles. The molecule has 7 rings (SSSR count). The summed E-state index contributed by atoms with van der Waals surface area (Å²) >= 11 is 0. The Morgan fingerprint density at radius 2 is 1.58 bits per heavy atom. The van der Waals surface area contributed by atoms with Gasteiger partial charge < -0.3 is 20.5 Å². The van der Waals surface area contributed by atoms with Crippen molar-refractivity contribution >= 4 is 23.6 Å². The first-order valence-electron chi connectivity index (χ1n) is 21.4. The van der Waals surface area contributed by atoms with Crippen LogP contribution in [-0.4, -0.2) is 54.0 Å². The van der Waals surface area contributed by atoms with Crippen LogP contribution in [0.25, 0.3) is 0 Å². The zero-order chi connectivity index (χ0) is 38.5. The lowest BCUT2D eigenvalue weighted by molar-refractivity contribution is -0.236. The molecule has 1 amide bonds. The van der Waals surface area contributed by atoms with Crippen LogP contribution in [0.1, 0.15) is 152 Å². The van der Waals surface area contributed by atoms with E-state index in [-0.39, 0.29) is 62.7 Å². The predicted octanol–water partition coefficient (Wildman–Crippen LogP) is 8.27. The number of nitrogens with one attached hydrogen (secondary N) is 2. The van der Waals surface area contributed by atoms with E-state index in [1.165, 1.54) is 18.4 Å². The Labute approximate surface area is 319 Å². The number of rotatable bonds is 8. The number of carboxylic acids is 1. The van der Waals surface area contributed by atoms with E-state index >= 15 is 0 Å². The molecule has 0 radical (unpaired) electrons.